The highest BCUT2D eigenvalue weighted by atomic mass is 32.1. The van der Waals surface area contributed by atoms with E-state index in [4.69, 9.17) is 15.2 Å². The highest BCUT2D eigenvalue weighted by Gasteiger charge is 2.16. The predicted octanol–water partition coefficient (Wildman–Crippen LogP) is 8.31. The Kier molecular flexibility index (Phi) is 18.0. The van der Waals surface area contributed by atoms with E-state index in [0.29, 0.717) is 6.42 Å². The van der Waals surface area contributed by atoms with Crippen LogP contribution in [0.1, 0.15) is 87.4 Å². The van der Waals surface area contributed by atoms with E-state index in [1.807, 2.05) is 29.6 Å². The molecular formula is C36H52N4O4S4. The summed E-state index contributed by atoms with van der Waals surface area (Å²) in [5, 5.41) is 9.07. The van der Waals surface area contributed by atoms with Gasteiger partial charge in [-0.15, -0.1) is 45.3 Å². The highest BCUT2D eigenvalue weighted by molar-refractivity contribution is 7.12. The molecule has 12 heteroatoms. The summed E-state index contributed by atoms with van der Waals surface area (Å²) >= 11 is 7.11. The van der Waals surface area contributed by atoms with E-state index < -0.39 is 11.7 Å². The molecule has 0 saturated carbocycles. The molecule has 0 aliphatic carbocycles. The molecule has 1 aliphatic rings. The minimum Gasteiger partial charge on any atom is -0.444 e. The van der Waals surface area contributed by atoms with E-state index in [2.05, 4.69) is 57.2 Å². The van der Waals surface area contributed by atoms with Crippen LogP contribution in [0.5, 0.6) is 0 Å². The molecule has 264 valence electrons. The number of ketones is 1. The van der Waals surface area contributed by atoms with Crippen LogP contribution in [0.25, 0.3) is 0 Å². The molecule has 1 amide bonds. The SMILES string of the molecule is C1CCOC1.Cc1nc(CCc2ccc(CCCC(=O)CNC(=O)OC(C)(C)C)s2)cs1.Cc1nc(CCc2ccc(CCN)s2)cs1. The van der Waals surface area contributed by atoms with Crippen LogP contribution in [0.15, 0.2) is 35.0 Å². The summed E-state index contributed by atoms with van der Waals surface area (Å²) in [5.41, 5.74) is 7.36. The van der Waals surface area contributed by atoms with E-state index in [1.54, 1.807) is 43.4 Å². The third kappa shape index (κ3) is 17.3. The molecule has 3 N–H and O–H groups in total. The maximum atomic E-state index is 11.9. The maximum absolute atomic E-state index is 11.9. The van der Waals surface area contributed by atoms with Crippen molar-refractivity contribution in [2.45, 2.75) is 104 Å². The van der Waals surface area contributed by atoms with E-state index in [0.717, 1.165) is 80.4 Å². The van der Waals surface area contributed by atoms with Crippen molar-refractivity contribution in [1.82, 2.24) is 15.3 Å². The molecule has 1 saturated heterocycles. The number of aryl methyl sites for hydroxylation is 7. The molecule has 1 aliphatic heterocycles. The number of carbonyl (C=O) groups is 2. The lowest BCUT2D eigenvalue weighted by Gasteiger charge is -2.19. The fraction of sp³-hybridized carbons (Fsp3) is 0.556. The fourth-order valence-corrected chi connectivity index (χ4v) is 8.00. The molecule has 5 rings (SSSR count). The van der Waals surface area contributed by atoms with Gasteiger partial charge in [0.05, 0.1) is 27.9 Å². The van der Waals surface area contributed by atoms with E-state index in [9.17, 15) is 9.59 Å². The Morgan fingerprint density at radius 1 is 0.812 bits per heavy atom. The molecule has 0 unspecified atom stereocenters. The van der Waals surface area contributed by atoms with Gasteiger partial charge in [0.2, 0.25) is 0 Å². The minimum absolute atomic E-state index is 0.0246. The average molecular weight is 733 g/mol. The quantitative estimate of drug-likeness (QED) is 0.134. The molecule has 48 heavy (non-hydrogen) atoms. The number of Topliss-reactive ketones (excluding diaryl/α,β-unsaturated/α-hetero) is 1. The fourth-order valence-electron chi connectivity index (χ4n) is 4.62. The van der Waals surface area contributed by atoms with Gasteiger partial charge < -0.3 is 20.5 Å². The Balaban J connectivity index is 0.000000248. The molecule has 0 aromatic carbocycles. The topological polar surface area (TPSA) is 116 Å². The number of ether oxygens (including phenoxy) is 2. The number of hydrogen-bond acceptors (Lipinski definition) is 11. The number of carbonyl (C=O) groups excluding carboxylic acids is 2. The second-order valence-corrected chi connectivity index (χ2v) is 17.2. The Labute approximate surface area is 302 Å². The second kappa shape index (κ2) is 21.6. The van der Waals surface area contributed by atoms with E-state index in [1.165, 1.54) is 38.0 Å². The van der Waals surface area contributed by atoms with Crippen molar-refractivity contribution in [3.05, 3.63) is 75.9 Å². The van der Waals surface area contributed by atoms with Crippen LogP contribution < -0.4 is 11.1 Å². The molecule has 0 spiro atoms. The third-order valence-corrected chi connectivity index (χ3v) is 11.0. The van der Waals surface area contributed by atoms with Gasteiger partial charge in [-0.1, -0.05) is 0 Å². The molecule has 8 nitrogen and oxygen atoms in total. The molecule has 4 aromatic heterocycles. The van der Waals surface area contributed by atoms with Crippen LogP contribution in [0.4, 0.5) is 4.79 Å². The minimum atomic E-state index is -0.553. The Bertz CT molecular complexity index is 1490. The van der Waals surface area contributed by atoms with Gasteiger partial charge in [0.25, 0.3) is 0 Å². The van der Waals surface area contributed by atoms with Crippen LogP contribution in [0, 0.1) is 13.8 Å². The van der Waals surface area contributed by atoms with Crippen molar-refractivity contribution in [2.75, 3.05) is 26.3 Å². The number of hydrogen-bond donors (Lipinski definition) is 2. The molecule has 4 aromatic rings. The number of thiophene rings is 2. The number of nitrogens with two attached hydrogens (primary N) is 1. The number of aromatic nitrogens is 2. The van der Waals surface area contributed by atoms with Crippen LogP contribution in [0.3, 0.4) is 0 Å². The number of thiazole rings is 2. The number of alkyl carbamates (subject to hydrolysis) is 1. The van der Waals surface area contributed by atoms with Gasteiger partial charge in [-0.2, -0.15) is 0 Å². The van der Waals surface area contributed by atoms with Gasteiger partial charge in [-0.3, -0.25) is 4.79 Å². The summed E-state index contributed by atoms with van der Waals surface area (Å²) in [4.78, 5) is 37.9. The second-order valence-electron chi connectivity index (χ2n) is 12.6. The van der Waals surface area contributed by atoms with Crippen LogP contribution in [-0.2, 0) is 52.8 Å². The van der Waals surface area contributed by atoms with Crippen molar-refractivity contribution in [3.8, 4) is 0 Å². The largest absolute Gasteiger partial charge is 0.444 e. The molecule has 0 bridgehead atoms. The van der Waals surface area contributed by atoms with Gasteiger partial charge in [-0.05, 0) is 123 Å². The summed E-state index contributed by atoms with van der Waals surface area (Å²) in [6.07, 6.45) is 9.27. The van der Waals surface area contributed by atoms with Crippen LogP contribution in [-0.4, -0.2) is 53.7 Å². The van der Waals surface area contributed by atoms with Crippen molar-refractivity contribution in [1.29, 1.82) is 0 Å². The zero-order chi connectivity index (χ0) is 34.8. The third-order valence-electron chi connectivity index (χ3n) is 6.95. The van der Waals surface area contributed by atoms with Crippen molar-refractivity contribution < 1.29 is 19.1 Å². The Morgan fingerprint density at radius 2 is 1.31 bits per heavy atom. The summed E-state index contributed by atoms with van der Waals surface area (Å²) in [6.45, 7) is 12.2. The average Bonchev–Trinajstić information content (AvgIpc) is 3.87. The van der Waals surface area contributed by atoms with Gasteiger partial charge in [-0.25, -0.2) is 14.8 Å². The van der Waals surface area contributed by atoms with E-state index >= 15 is 0 Å². The van der Waals surface area contributed by atoms with Crippen molar-refractivity contribution >= 4 is 57.2 Å². The van der Waals surface area contributed by atoms with Gasteiger partial charge in [0, 0.05) is 49.9 Å². The number of nitrogens with zero attached hydrogens (tertiary/aromatic N) is 2. The summed E-state index contributed by atoms with van der Waals surface area (Å²) in [5.74, 6) is 0.0246. The zero-order valence-electron chi connectivity index (χ0n) is 29.1. The molecule has 0 atom stereocenters. The highest BCUT2D eigenvalue weighted by Crippen LogP contribution is 2.22. The summed E-state index contributed by atoms with van der Waals surface area (Å²) in [6, 6.07) is 8.73. The molecule has 0 radical (unpaired) electrons. The normalized spacial score (nSPS) is 12.5. The van der Waals surface area contributed by atoms with E-state index in [-0.39, 0.29) is 12.3 Å². The Hall–Kier alpha value is -2.48. The first kappa shape index (κ1) is 40.0. The molecular weight excluding hydrogens is 681 g/mol. The number of amides is 1. The zero-order valence-corrected chi connectivity index (χ0v) is 32.4. The Morgan fingerprint density at radius 3 is 1.73 bits per heavy atom. The maximum Gasteiger partial charge on any atom is 0.408 e. The summed E-state index contributed by atoms with van der Waals surface area (Å²) < 4.78 is 10.1. The van der Waals surface area contributed by atoms with Gasteiger partial charge in [0.15, 0.2) is 5.78 Å². The van der Waals surface area contributed by atoms with Crippen molar-refractivity contribution in [3.63, 3.8) is 0 Å². The lowest BCUT2D eigenvalue weighted by atomic mass is 10.1. The standard InChI is InChI=1S/C20H28N2O3S2.C12H16N2S2.C4H8O/c1-14-22-15(13-26-14)8-9-18-11-10-17(27-18)7-5-6-16(23)12-21-19(24)25-20(2,3)4;1-9-14-10(8-15-9)2-3-11-4-5-12(16-11)6-7-13;1-2-4-5-3-1/h10-11,13H,5-9,12H2,1-4H3,(H,21,24);4-5,8H,2-3,6-7,13H2,1H3;1-4H2. The lowest BCUT2D eigenvalue weighted by Crippen LogP contribution is -2.35. The van der Waals surface area contributed by atoms with Crippen LogP contribution >= 0.6 is 45.3 Å². The molecule has 1 fully saturated rings. The van der Waals surface area contributed by atoms with Gasteiger partial charge in [0.1, 0.15) is 5.60 Å². The van der Waals surface area contributed by atoms with Crippen molar-refractivity contribution in [2.24, 2.45) is 5.73 Å². The first-order chi connectivity index (χ1) is 23.0. The van der Waals surface area contributed by atoms with Crippen LogP contribution in [0.2, 0.25) is 0 Å². The van der Waals surface area contributed by atoms with Gasteiger partial charge >= 0.3 is 6.09 Å². The monoisotopic (exact) mass is 732 g/mol. The molecule has 5 heterocycles. The number of nitrogens with one attached hydrogen (secondary N) is 1. The first-order valence-corrected chi connectivity index (χ1v) is 20.1. The number of rotatable bonds is 14. The smallest absolute Gasteiger partial charge is 0.408 e. The summed E-state index contributed by atoms with van der Waals surface area (Å²) in [7, 11) is 0. The lowest BCUT2D eigenvalue weighted by molar-refractivity contribution is -0.118. The predicted molar refractivity (Wildman–Crippen MR) is 202 cm³/mol. The first-order valence-electron chi connectivity index (χ1n) is 16.7.